The normalized spacial score (nSPS) is 13.8. The van der Waals surface area contributed by atoms with E-state index in [0.29, 0.717) is 17.4 Å². The Morgan fingerprint density at radius 2 is 0.731 bits per heavy atom. The molecule has 0 saturated carbocycles. The van der Waals surface area contributed by atoms with Crippen LogP contribution in [-0.2, 0) is 32.7 Å². The van der Waals surface area contributed by atoms with Gasteiger partial charge in [0.1, 0.15) is 19.8 Å². The number of quaternary nitrogens is 1. The Morgan fingerprint density at radius 1 is 0.410 bits per heavy atom. The number of carbonyl (C=O) groups excluding carboxylic acids is 2. The van der Waals surface area contributed by atoms with E-state index in [1.165, 1.54) is 167 Å². The highest BCUT2D eigenvalue weighted by molar-refractivity contribution is 7.45. The number of ether oxygens (including phenoxy) is 2. The van der Waals surface area contributed by atoms with Crippen molar-refractivity contribution in [3.63, 3.8) is 0 Å². The summed E-state index contributed by atoms with van der Waals surface area (Å²) in [7, 11) is 1.16. The number of hydrogen-bond donors (Lipinski definition) is 0. The van der Waals surface area contributed by atoms with Gasteiger partial charge in [0, 0.05) is 12.8 Å². The largest absolute Gasteiger partial charge is 0.756 e. The number of unbranched alkanes of at least 4 members (excludes halogenated alkanes) is 31. The topological polar surface area (TPSA) is 111 Å². The average Bonchev–Trinajstić information content (AvgIpc) is 3.40. The van der Waals surface area contributed by atoms with E-state index in [-0.39, 0.29) is 32.0 Å². The highest BCUT2D eigenvalue weighted by Crippen LogP contribution is 2.38. The Labute approximate surface area is 481 Å². The molecule has 78 heavy (non-hydrogen) atoms. The third kappa shape index (κ3) is 62.4. The molecule has 0 aromatic rings. The van der Waals surface area contributed by atoms with Gasteiger partial charge in [0.05, 0.1) is 27.7 Å². The fourth-order valence-corrected chi connectivity index (χ4v) is 9.68. The molecule has 0 aliphatic rings. The Morgan fingerprint density at radius 3 is 1.09 bits per heavy atom. The highest BCUT2D eigenvalue weighted by atomic mass is 31.2. The summed E-state index contributed by atoms with van der Waals surface area (Å²) < 4.78 is 34.3. The van der Waals surface area contributed by atoms with Crippen molar-refractivity contribution in [2.24, 2.45) is 0 Å². The van der Waals surface area contributed by atoms with Crippen molar-refractivity contribution in [1.82, 2.24) is 0 Å². The molecule has 0 N–H and O–H groups in total. The number of likely N-dealkylation sites (N-methyl/N-ethyl adjacent to an activating group) is 1. The predicted molar refractivity (Wildman–Crippen MR) is 332 cm³/mol. The number of rotatable bonds is 59. The van der Waals surface area contributed by atoms with E-state index < -0.39 is 26.5 Å². The molecule has 2 unspecified atom stereocenters. The molecule has 0 aliphatic heterocycles. The molecular formula is C68H122NO8P. The molecule has 10 heteroatoms. The van der Waals surface area contributed by atoms with Crippen molar-refractivity contribution in [3.8, 4) is 0 Å². The first-order valence-electron chi connectivity index (χ1n) is 32.3. The number of carbonyl (C=O) groups is 2. The molecule has 0 fully saturated rings. The summed E-state index contributed by atoms with van der Waals surface area (Å²) in [5, 5.41) is 0. The number of hydrogen-bond acceptors (Lipinski definition) is 8. The fourth-order valence-electron chi connectivity index (χ4n) is 8.95. The summed E-state index contributed by atoms with van der Waals surface area (Å²) in [6.45, 7) is 4.13. The van der Waals surface area contributed by atoms with Crippen LogP contribution in [0.3, 0.4) is 0 Å². The van der Waals surface area contributed by atoms with Crippen molar-refractivity contribution in [2.45, 2.75) is 290 Å². The summed E-state index contributed by atoms with van der Waals surface area (Å²) in [5.41, 5.74) is 0. The van der Waals surface area contributed by atoms with Crippen LogP contribution in [0.4, 0.5) is 0 Å². The summed E-state index contributed by atoms with van der Waals surface area (Å²) in [6, 6.07) is 0. The lowest BCUT2D eigenvalue weighted by molar-refractivity contribution is -0.870. The number of nitrogens with zero attached hydrogens (tertiary/aromatic N) is 1. The van der Waals surface area contributed by atoms with Gasteiger partial charge in [0.2, 0.25) is 0 Å². The van der Waals surface area contributed by atoms with Crippen LogP contribution in [0.1, 0.15) is 284 Å². The quantitative estimate of drug-likeness (QED) is 0.0195. The first-order valence-corrected chi connectivity index (χ1v) is 33.8. The molecule has 0 amide bonds. The smallest absolute Gasteiger partial charge is 0.306 e. The maximum atomic E-state index is 12.8. The van der Waals surface area contributed by atoms with Crippen molar-refractivity contribution in [3.05, 3.63) is 85.1 Å². The maximum Gasteiger partial charge on any atom is 0.306 e. The molecule has 2 atom stereocenters. The number of phosphoric acid groups is 1. The van der Waals surface area contributed by atoms with Gasteiger partial charge in [-0.3, -0.25) is 14.2 Å². The van der Waals surface area contributed by atoms with E-state index in [2.05, 4.69) is 98.9 Å². The van der Waals surface area contributed by atoms with Crippen LogP contribution in [0.15, 0.2) is 85.1 Å². The van der Waals surface area contributed by atoms with Crippen LogP contribution in [-0.4, -0.2) is 70.0 Å². The molecule has 0 bridgehead atoms. The standard InChI is InChI=1S/C68H122NO8P/c1-6-8-10-12-14-16-18-20-22-24-26-28-30-32-33-34-35-37-38-40-42-44-46-48-50-52-54-56-58-60-67(70)74-64-66(65-76-78(72,73)75-63-62-69(3,4)5)77-68(71)61-59-57-55-53-51-49-47-45-43-41-39-36-31-29-27-25-23-21-19-17-15-13-11-9-7-2/h9,11,15,17-18,20-21,23-24,26-27,29,36,39,66H,6-8,10,12-14,16,19,22,25,28,30-35,37-38,40-65H2,1-5H3/b11-9-,17-15-,20-18-,23-21-,26-24-,29-27-,39-36-. The summed E-state index contributed by atoms with van der Waals surface area (Å²) in [6.07, 6.45) is 79.3. The summed E-state index contributed by atoms with van der Waals surface area (Å²) in [4.78, 5) is 38.0. The minimum Gasteiger partial charge on any atom is -0.756 e. The zero-order chi connectivity index (χ0) is 57.0. The van der Waals surface area contributed by atoms with E-state index in [4.69, 9.17) is 18.5 Å². The molecule has 0 saturated heterocycles. The molecule has 0 aliphatic carbocycles. The van der Waals surface area contributed by atoms with Crippen LogP contribution in [0.2, 0.25) is 0 Å². The van der Waals surface area contributed by atoms with E-state index in [0.717, 1.165) is 83.5 Å². The van der Waals surface area contributed by atoms with Gasteiger partial charge in [-0.2, -0.15) is 0 Å². The average molecular weight is 1110 g/mol. The van der Waals surface area contributed by atoms with Gasteiger partial charge in [0.15, 0.2) is 6.10 Å². The Hall–Kier alpha value is -2.81. The molecular weight excluding hydrogens is 990 g/mol. The molecule has 0 radical (unpaired) electrons. The van der Waals surface area contributed by atoms with Crippen LogP contribution >= 0.6 is 7.82 Å². The van der Waals surface area contributed by atoms with Crippen LogP contribution in [0, 0.1) is 0 Å². The lowest BCUT2D eigenvalue weighted by atomic mass is 10.0. The van der Waals surface area contributed by atoms with Crippen LogP contribution < -0.4 is 4.89 Å². The van der Waals surface area contributed by atoms with E-state index in [1.807, 2.05) is 21.1 Å². The monoisotopic (exact) mass is 1110 g/mol. The number of phosphoric ester groups is 1. The Kier molecular flexibility index (Phi) is 56.7. The third-order valence-electron chi connectivity index (χ3n) is 13.9. The van der Waals surface area contributed by atoms with Crippen LogP contribution in [0.5, 0.6) is 0 Å². The van der Waals surface area contributed by atoms with Crippen LogP contribution in [0.25, 0.3) is 0 Å². The third-order valence-corrected chi connectivity index (χ3v) is 14.9. The molecule has 0 aromatic carbocycles. The highest BCUT2D eigenvalue weighted by Gasteiger charge is 2.22. The van der Waals surface area contributed by atoms with Crippen molar-refractivity contribution in [2.75, 3.05) is 47.5 Å². The van der Waals surface area contributed by atoms with Gasteiger partial charge >= 0.3 is 11.9 Å². The first kappa shape index (κ1) is 75.2. The molecule has 452 valence electrons. The minimum absolute atomic E-state index is 0.0346. The number of allylic oxidation sites excluding steroid dienone is 14. The van der Waals surface area contributed by atoms with Gasteiger partial charge in [-0.1, -0.05) is 266 Å². The minimum atomic E-state index is -4.64. The Balaban J connectivity index is 4.10. The van der Waals surface area contributed by atoms with E-state index in [1.54, 1.807) is 0 Å². The fraction of sp³-hybridized carbons (Fsp3) is 0.765. The van der Waals surface area contributed by atoms with E-state index in [9.17, 15) is 19.0 Å². The Bertz CT molecular complexity index is 1590. The summed E-state index contributed by atoms with van der Waals surface area (Å²) in [5.74, 6) is -0.835. The van der Waals surface area contributed by atoms with Gasteiger partial charge in [-0.05, 0) is 89.9 Å². The number of esters is 2. The zero-order valence-electron chi connectivity index (χ0n) is 51.3. The lowest BCUT2D eigenvalue weighted by Crippen LogP contribution is -2.37. The van der Waals surface area contributed by atoms with Gasteiger partial charge in [0.25, 0.3) is 7.82 Å². The SMILES string of the molecule is CC/C=C\C/C=C\C/C=C\C/C=C\C/C=C\CCCCCCCCCCCC(=O)OC(COC(=O)CCCCCCCCCCCCCCCCCCC/C=C\C/C=C\CCCCCCC)COP(=O)([O-])OCC[N+](C)(C)C. The second-order valence-corrected chi connectivity index (χ2v) is 24.2. The lowest BCUT2D eigenvalue weighted by Gasteiger charge is -2.28. The molecule has 0 heterocycles. The van der Waals surface area contributed by atoms with E-state index >= 15 is 0 Å². The summed E-state index contributed by atoms with van der Waals surface area (Å²) >= 11 is 0. The second kappa shape index (κ2) is 58.8. The van der Waals surface area contributed by atoms with Gasteiger partial charge < -0.3 is 27.9 Å². The molecule has 9 nitrogen and oxygen atoms in total. The molecule has 0 spiro atoms. The first-order chi connectivity index (χ1) is 38.0. The van der Waals surface area contributed by atoms with Gasteiger partial charge in [-0.15, -0.1) is 0 Å². The predicted octanol–water partition coefficient (Wildman–Crippen LogP) is 20.0. The second-order valence-electron chi connectivity index (χ2n) is 22.7. The maximum absolute atomic E-state index is 12.8. The van der Waals surface area contributed by atoms with Crippen molar-refractivity contribution >= 4 is 19.8 Å². The molecule has 0 rings (SSSR count). The van der Waals surface area contributed by atoms with Crippen molar-refractivity contribution < 1.29 is 42.1 Å². The van der Waals surface area contributed by atoms with Crippen molar-refractivity contribution in [1.29, 1.82) is 0 Å². The zero-order valence-corrected chi connectivity index (χ0v) is 52.2. The van der Waals surface area contributed by atoms with Gasteiger partial charge in [-0.25, -0.2) is 0 Å². The molecule has 0 aromatic heterocycles.